The second-order valence-corrected chi connectivity index (χ2v) is 8.04. The van der Waals surface area contributed by atoms with Gasteiger partial charge in [-0.05, 0) is 16.8 Å². The molecule has 33 heavy (non-hydrogen) atoms. The van der Waals surface area contributed by atoms with Crippen LogP contribution >= 0.6 is 0 Å². The number of aliphatic hydroxyl groups excluding tert-OH is 1. The summed E-state index contributed by atoms with van der Waals surface area (Å²) in [5.74, 6) is -0.567. The van der Waals surface area contributed by atoms with E-state index in [0.717, 1.165) is 21.8 Å². The summed E-state index contributed by atoms with van der Waals surface area (Å²) in [5.41, 5.74) is 7.37. The van der Waals surface area contributed by atoms with Gasteiger partial charge in [0.15, 0.2) is 18.0 Å². The highest BCUT2D eigenvalue weighted by Crippen LogP contribution is 2.04. The van der Waals surface area contributed by atoms with E-state index in [-0.39, 0.29) is 24.4 Å². The lowest BCUT2D eigenvalue weighted by Gasteiger charge is -2.12. The Morgan fingerprint density at radius 3 is 2.82 bits per heavy atom. The lowest BCUT2D eigenvalue weighted by Crippen LogP contribution is -2.80. The molecule has 4 rings (SSSR count). The van der Waals surface area contributed by atoms with Crippen molar-refractivity contribution in [3.63, 3.8) is 0 Å². The molecule has 1 aliphatic carbocycles. The maximum atomic E-state index is 12.3. The molecule has 1 aromatic heterocycles. The van der Waals surface area contributed by atoms with Crippen molar-refractivity contribution in [3.05, 3.63) is 58.7 Å². The molecular formula is C24H28N6O3+2. The van der Waals surface area contributed by atoms with Gasteiger partial charge >= 0.3 is 6.03 Å². The van der Waals surface area contributed by atoms with E-state index in [0.29, 0.717) is 32.6 Å². The molecule has 0 radical (unpaired) electrons. The summed E-state index contributed by atoms with van der Waals surface area (Å²) in [6, 6.07) is 11.4. The van der Waals surface area contributed by atoms with E-state index in [2.05, 4.69) is 25.9 Å². The van der Waals surface area contributed by atoms with Crippen LogP contribution in [0.5, 0.6) is 0 Å². The first kappa shape index (κ1) is 22.3. The van der Waals surface area contributed by atoms with Gasteiger partial charge in [0.1, 0.15) is 18.9 Å². The van der Waals surface area contributed by atoms with Gasteiger partial charge in [0.05, 0.1) is 5.35 Å². The fourth-order valence-electron chi connectivity index (χ4n) is 3.94. The predicted octanol–water partition coefficient (Wildman–Crippen LogP) is -2.38. The zero-order valence-electron chi connectivity index (χ0n) is 18.3. The SMILES string of the molecule is NC(=O)C1=NC[N+]([C@@H](CO)CCn2ccc3c2=C/C(=[NH+]/C(=O)NCc2ccccc2)CC=3)=C1. The summed E-state index contributed by atoms with van der Waals surface area (Å²) in [5, 5.41) is 14.8. The molecular weight excluding hydrogens is 420 g/mol. The number of benzene rings is 1. The lowest BCUT2D eigenvalue weighted by molar-refractivity contribution is -0.560. The highest BCUT2D eigenvalue weighted by molar-refractivity contribution is 6.59. The van der Waals surface area contributed by atoms with E-state index >= 15 is 0 Å². The number of aryl methyl sites for hydroxylation is 1. The van der Waals surface area contributed by atoms with E-state index in [1.54, 1.807) is 6.21 Å². The molecule has 170 valence electrons. The van der Waals surface area contributed by atoms with E-state index in [9.17, 15) is 14.7 Å². The van der Waals surface area contributed by atoms with Crippen molar-refractivity contribution < 1.29 is 24.3 Å². The van der Waals surface area contributed by atoms with Crippen LogP contribution in [-0.2, 0) is 17.9 Å². The molecule has 0 bridgehead atoms. The molecule has 0 fully saturated rings. The monoisotopic (exact) mass is 448 g/mol. The molecule has 0 unspecified atom stereocenters. The van der Waals surface area contributed by atoms with Crippen LogP contribution in [0.3, 0.4) is 0 Å². The van der Waals surface area contributed by atoms with E-state index in [4.69, 9.17) is 5.73 Å². The van der Waals surface area contributed by atoms with Crippen molar-refractivity contribution in [1.29, 1.82) is 0 Å². The molecule has 9 heteroatoms. The lowest BCUT2D eigenvalue weighted by atomic mass is 10.1. The van der Waals surface area contributed by atoms with Gasteiger partial charge in [0.2, 0.25) is 6.67 Å². The van der Waals surface area contributed by atoms with Gasteiger partial charge in [-0.15, -0.1) is 0 Å². The van der Waals surface area contributed by atoms with Crippen molar-refractivity contribution in [1.82, 2.24) is 9.88 Å². The molecule has 0 spiro atoms. The number of hydrogen-bond acceptors (Lipinski definition) is 4. The average molecular weight is 449 g/mol. The molecule has 1 atom stereocenters. The summed E-state index contributed by atoms with van der Waals surface area (Å²) in [4.78, 5) is 30.7. The van der Waals surface area contributed by atoms with Crippen LogP contribution in [-0.4, -0.2) is 63.1 Å². The van der Waals surface area contributed by atoms with Gasteiger partial charge in [-0.25, -0.2) is 19.9 Å². The molecule has 1 aromatic carbocycles. The number of nitrogens with zero attached hydrogens (tertiary/aromatic N) is 3. The number of rotatable bonds is 8. The number of fused-ring (bicyclic) bond motifs is 1. The zero-order chi connectivity index (χ0) is 23.2. The van der Waals surface area contributed by atoms with Crippen LogP contribution in [0, 0.1) is 0 Å². The van der Waals surface area contributed by atoms with Crippen molar-refractivity contribution in [3.8, 4) is 0 Å². The minimum atomic E-state index is -0.567. The number of nitrogens with two attached hydrogens (primary N) is 1. The fourth-order valence-corrected chi connectivity index (χ4v) is 3.94. The summed E-state index contributed by atoms with van der Waals surface area (Å²) < 4.78 is 3.94. The number of aromatic nitrogens is 1. The number of hydrogen-bond donors (Lipinski definition) is 4. The highest BCUT2D eigenvalue weighted by atomic mass is 16.3. The van der Waals surface area contributed by atoms with Gasteiger partial charge < -0.3 is 15.4 Å². The predicted molar refractivity (Wildman–Crippen MR) is 125 cm³/mol. The number of carbonyl (C=O) groups excluding carboxylic acids is 2. The summed E-state index contributed by atoms with van der Waals surface area (Å²) in [6.07, 6.45) is 8.99. The van der Waals surface area contributed by atoms with Crippen LogP contribution in [0.4, 0.5) is 4.79 Å². The number of amides is 3. The number of carbonyl (C=O) groups is 2. The minimum Gasteiger partial charge on any atom is -0.389 e. The molecule has 5 N–H and O–H groups in total. The average Bonchev–Trinajstić information content (AvgIpc) is 3.47. The summed E-state index contributed by atoms with van der Waals surface area (Å²) >= 11 is 0. The van der Waals surface area contributed by atoms with Gasteiger partial charge in [-0.1, -0.05) is 36.4 Å². The molecule has 0 saturated heterocycles. The first-order chi connectivity index (χ1) is 16.0. The molecule has 9 nitrogen and oxygen atoms in total. The molecule has 2 aromatic rings. The first-order valence-corrected chi connectivity index (χ1v) is 10.9. The Bertz CT molecular complexity index is 1260. The number of primary amides is 1. The molecule has 1 aliphatic heterocycles. The Morgan fingerprint density at radius 1 is 1.27 bits per heavy atom. The number of aliphatic hydroxyl groups is 1. The maximum absolute atomic E-state index is 12.3. The fraction of sp³-hybridized carbons (Fsp3) is 0.292. The molecule has 2 heterocycles. The van der Waals surface area contributed by atoms with E-state index in [1.807, 2.05) is 53.2 Å². The smallest absolute Gasteiger partial charge is 0.389 e. The van der Waals surface area contributed by atoms with E-state index in [1.165, 1.54) is 0 Å². The Balaban J connectivity index is 1.42. The largest absolute Gasteiger partial charge is 0.489 e. The normalized spacial score (nSPS) is 16.8. The third kappa shape index (κ3) is 5.50. The quantitative estimate of drug-likeness (QED) is 0.337. The van der Waals surface area contributed by atoms with Crippen molar-refractivity contribution in [2.45, 2.75) is 32.0 Å². The second kappa shape index (κ2) is 10.2. The highest BCUT2D eigenvalue weighted by Gasteiger charge is 2.26. The van der Waals surface area contributed by atoms with E-state index < -0.39 is 5.91 Å². The van der Waals surface area contributed by atoms with Crippen molar-refractivity contribution in [2.75, 3.05) is 13.3 Å². The van der Waals surface area contributed by atoms with Crippen LogP contribution in [0.25, 0.3) is 12.2 Å². The molecule has 3 amide bonds. The summed E-state index contributed by atoms with van der Waals surface area (Å²) in [6.45, 7) is 1.38. The Labute approximate surface area is 191 Å². The van der Waals surface area contributed by atoms with Gasteiger partial charge in [-0.2, -0.15) is 4.79 Å². The van der Waals surface area contributed by atoms with Crippen LogP contribution < -0.4 is 26.6 Å². The maximum Gasteiger partial charge on any atom is 0.489 e. The van der Waals surface area contributed by atoms with Crippen LogP contribution in [0.15, 0.2) is 47.6 Å². The number of urea groups is 1. The zero-order valence-corrected chi connectivity index (χ0v) is 18.3. The standard InChI is InChI=1S/C24H26N6O3/c25-23(32)21-14-30(16-27-21)20(15-31)9-11-29-10-8-18-6-7-19(12-22(18)29)28-24(33)26-13-17-4-2-1-3-5-17/h1-6,8,10,12,14,20,31H,7,9,11,13,15-16H2,(H2-,25,26,32,33)/p+2/b28-19+/t20-/m1/s1. The molecule has 0 saturated carbocycles. The van der Waals surface area contributed by atoms with Crippen molar-refractivity contribution >= 4 is 41.7 Å². The van der Waals surface area contributed by atoms with Gasteiger partial charge in [0, 0.05) is 31.7 Å². The Hall–Kier alpha value is -3.85. The third-order valence-electron chi connectivity index (χ3n) is 5.79. The van der Waals surface area contributed by atoms with Gasteiger partial charge in [0.25, 0.3) is 5.91 Å². The molecule has 2 aliphatic rings. The van der Waals surface area contributed by atoms with Crippen LogP contribution in [0.2, 0.25) is 0 Å². The number of aliphatic imine (C=N–C) groups is 1. The number of nitrogens with one attached hydrogen (secondary N) is 2. The third-order valence-corrected chi connectivity index (χ3v) is 5.79. The van der Waals surface area contributed by atoms with Crippen LogP contribution in [0.1, 0.15) is 18.4 Å². The topological polar surface area (TPSA) is 127 Å². The minimum absolute atomic E-state index is 0.0577. The first-order valence-electron chi connectivity index (χ1n) is 10.9. The Kier molecular flexibility index (Phi) is 6.89. The van der Waals surface area contributed by atoms with Gasteiger partial charge in [-0.3, -0.25) is 4.79 Å². The Morgan fingerprint density at radius 2 is 2.09 bits per heavy atom. The van der Waals surface area contributed by atoms with Crippen molar-refractivity contribution in [2.24, 2.45) is 10.7 Å². The summed E-state index contributed by atoms with van der Waals surface area (Å²) in [7, 11) is 0. The second-order valence-electron chi connectivity index (χ2n) is 8.04.